The van der Waals surface area contributed by atoms with Crippen molar-refractivity contribution >= 4 is 0 Å². The fourth-order valence-electron chi connectivity index (χ4n) is 1.97. The monoisotopic (exact) mass is 233 g/mol. The third-order valence-corrected chi connectivity index (χ3v) is 2.93. The molecule has 1 rings (SSSR count). The van der Waals surface area contributed by atoms with Gasteiger partial charge in [-0.25, -0.2) is 0 Å². The van der Waals surface area contributed by atoms with E-state index in [9.17, 15) is 0 Å². The van der Waals surface area contributed by atoms with Crippen molar-refractivity contribution in [3.05, 3.63) is 17.0 Å². The summed E-state index contributed by atoms with van der Waals surface area (Å²) in [6, 6.07) is 0.534. The maximum atomic E-state index is 5.28. The second-order valence-electron chi connectivity index (χ2n) is 4.69. The lowest BCUT2D eigenvalue weighted by molar-refractivity contribution is 0.586. The van der Waals surface area contributed by atoms with Gasteiger partial charge in [0.25, 0.3) is 0 Å². The number of aryl methyl sites for hydroxylation is 2. The summed E-state index contributed by atoms with van der Waals surface area (Å²) in [6.07, 6.45) is 7.06. The Morgan fingerprint density at radius 3 is 2.71 bits per heavy atom. The van der Waals surface area contributed by atoms with Crippen molar-refractivity contribution < 1.29 is 0 Å². The topological polar surface area (TPSA) is 29.9 Å². The molecule has 0 atom stereocenters. The minimum Gasteiger partial charge on any atom is -0.314 e. The predicted molar refractivity (Wildman–Crippen MR) is 72.0 cm³/mol. The Bertz CT molecular complexity index is 396. The molecule has 0 aliphatic carbocycles. The molecule has 0 fully saturated rings. The molecule has 1 aromatic heterocycles. The van der Waals surface area contributed by atoms with Crippen LogP contribution in [0.1, 0.15) is 37.2 Å². The Labute approximate surface area is 105 Å². The third-order valence-electron chi connectivity index (χ3n) is 2.93. The summed E-state index contributed by atoms with van der Waals surface area (Å²) in [4.78, 5) is 0. The second kappa shape index (κ2) is 6.46. The van der Waals surface area contributed by atoms with Crippen LogP contribution in [-0.2, 0) is 13.0 Å². The first-order valence-corrected chi connectivity index (χ1v) is 6.26. The van der Waals surface area contributed by atoms with Crippen molar-refractivity contribution in [3.63, 3.8) is 0 Å². The van der Waals surface area contributed by atoms with Crippen LogP contribution >= 0.6 is 0 Å². The average Bonchev–Trinajstić information content (AvgIpc) is 2.53. The Balaban J connectivity index is 2.65. The van der Waals surface area contributed by atoms with Crippen molar-refractivity contribution in [2.75, 3.05) is 6.54 Å². The zero-order chi connectivity index (χ0) is 12.8. The number of hydrogen-bond acceptors (Lipinski definition) is 2. The van der Waals surface area contributed by atoms with Crippen LogP contribution in [0.2, 0.25) is 0 Å². The highest BCUT2D eigenvalue weighted by Gasteiger charge is 2.10. The van der Waals surface area contributed by atoms with Crippen LogP contribution in [0.15, 0.2) is 0 Å². The number of nitrogens with one attached hydrogen (secondary N) is 1. The van der Waals surface area contributed by atoms with Gasteiger partial charge >= 0.3 is 0 Å². The normalized spacial score (nSPS) is 10.8. The second-order valence-corrected chi connectivity index (χ2v) is 4.69. The Kier molecular flexibility index (Phi) is 5.24. The van der Waals surface area contributed by atoms with E-state index in [0.29, 0.717) is 6.04 Å². The predicted octanol–water partition coefficient (Wildman–Crippen LogP) is 2.06. The van der Waals surface area contributed by atoms with Crippen LogP contribution in [0.25, 0.3) is 0 Å². The lowest BCUT2D eigenvalue weighted by Gasteiger charge is -2.08. The largest absolute Gasteiger partial charge is 0.314 e. The van der Waals surface area contributed by atoms with Crippen LogP contribution in [0.5, 0.6) is 0 Å². The van der Waals surface area contributed by atoms with Gasteiger partial charge in [-0.05, 0) is 32.4 Å². The van der Waals surface area contributed by atoms with Gasteiger partial charge in [-0.3, -0.25) is 4.68 Å². The van der Waals surface area contributed by atoms with Gasteiger partial charge in [-0.15, -0.1) is 12.3 Å². The number of terminal acetylenes is 1. The molecule has 3 heteroatoms. The highest BCUT2D eigenvalue weighted by Crippen LogP contribution is 2.13. The van der Waals surface area contributed by atoms with Crippen LogP contribution < -0.4 is 5.32 Å². The summed E-state index contributed by atoms with van der Waals surface area (Å²) < 4.78 is 2.03. The molecule has 0 saturated carbocycles. The fourth-order valence-corrected chi connectivity index (χ4v) is 1.97. The van der Waals surface area contributed by atoms with Crippen LogP contribution in [0, 0.1) is 26.2 Å². The molecule has 0 saturated heterocycles. The lowest BCUT2D eigenvalue weighted by atomic mass is 10.1. The Hall–Kier alpha value is -1.27. The van der Waals surface area contributed by atoms with Crippen LogP contribution in [0.4, 0.5) is 0 Å². The molecule has 0 spiro atoms. The van der Waals surface area contributed by atoms with Crippen LogP contribution in [-0.4, -0.2) is 22.4 Å². The summed E-state index contributed by atoms with van der Waals surface area (Å²) in [5, 5.41) is 7.97. The average molecular weight is 233 g/mol. The first-order valence-electron chi connectivity index (χ1n) is 6.26. The van der Waals surface area contributed by atoms with Gasteiger partial charge in [-0.2, -0.15) is 5.10 Å². The molecule has 0 unspecified atom stereocenters. The lowest BCUT2D eigenvalue weighted by Crippen LogP contribution is -2.25. The van der Waals surface area contributed by atoms with Gasteiger partial charge in [0.2, 0.25) is 0 Å². The first kappa shape index (κ1) is 13.8. The molecule has 0 amide bonds. The zero-order valence-electron chi connectivity index (χ0n) is 11.4. The van der Waals surface area contributed by atoms with Gasteiger partial charge in [0.15, 0.2) is 0 Å². The van der Waals surface area contributed by atoms with E-state index in [-0.39, 0.29) is 0 Å². The van der Waals surface area contributed by atoms with Gasteiger partial charge in [0, 0.05) is 18.2 Å². The molecular formula is C14H23N3. The molecule has 1 heterocycles. The minimum atomic E-state index is 0.534. The molecule has 1 aromatic rings. The molecule has 0 aliphatic heterocycles. The zero-order valence-corrected chi connectivity index (χ0v) is 11.4. The van der Waals surface area contributed by atoms with E-state index in [1.807, 2.05) is 4.68 Å². The smallest absolute Gasteiger partial charge is 0.0628 e. The molecule has 0 aliphatic rings. The van der Waals surface area contributed by atoms with Crippen molar-refractivity contribution in [2.24, 2.45) is 0 Å². The van der Waals surface area contributed by atoms with Crippen molar-refractivity contribution in [3.8, 4) is 12.3 Å². The molecular weight excluding hydrogens is 210 g/mol. The maximum Gasteiger partial charge on any atom is 0.0628 e. The minimum absolute atomic E-state index is 0.534. The van der Waals surface area contributed by atoms with E-state index in [2.05, 4.69) is 44.0 Å². The van der Waals surface area contributed by atoms with Gasteiger partial charge in [-0.1, -0.05) is 13.8 Å². The summed E-state index contributed by atoms with van der Waals surface area (Å²) >= 11 is 0. The van der Waals surface area contributed by atoms with E-state index < -0.39 is 0 Å². The standard InChI is InChI=1S/C14H23N3/c1-6-7-10-17-13(5)14(12(4)16-17)8-9-15-11(2)3/h1,11,15H,7-10H2,2-5H3. The van der Waals surface area contributed by atoms with E-state index in [1.165, 1.54) is 11.3 Å². The fraction of sp³-hybridized carbons (Fsp3) is 0.643. The highest BCUT2D eigenvalue weighted by molar-refractivity contribution is 5.24. The SMILES string of the molecule is C#CCCn1nc(C)c(CCNC(C)C)c1C. The van der Waals surface area contributed by atoms with Crippen molar-refractivity contribution in [2.45, 2.75) is 53.1 Å². The molecule has 0 radical (unpaired) electrons. The van der Waals surface area contributed by atoms with E-state index in [1.54, 1.807) is 0 Å². The summed E-state index contributed by atoms with van der Waals surface area (Å²) in [5.74, 6) is 2.66. The molecule has 1 N–H and O–H groups in total. The summed E-state index contributed by atoms with van der Waals surface area (Å²) in [6.45, 7) is 10.3. The molecule has 0 bridgehead atoms. The van der Waals surface area contributed by atoms with E-state index >= 15 is 0 Å². The molecule has 3 nitrogen and oxygen atoms in total. The maximum absolute atomic E-state index is 5.28. The number of nitrogens with zero attached hydrogens (tertiary/aromatic N) is 2. The van der Waals surface area contributed by atoms with Gasteiger partial charge < -0.3 is 5.32 Å². The van der Waals surface area contributed by atoms with Crippen molar-refractivity contribution in [1.29, 1.82) is 0 Å². The quantitative estimate of drug-likeness (QED) is 0.762. The summed E-state index contributed by atoms with van der Waals surface area (Å²) in [7, 11) is 0. The molecule has 17 heavy (non-hydrogen) atoms. The Morgan fingerprint density at radius 1 is 1.41 bits per heavy atom. The highest BCUT2D eigenvalue weighted by atomic mass is 15.3. The summed E-state index contributed by atoms with van der Waals surface area (Å²) in [5.41, 5.74) is 3.74. The van der Waals surface area contributed by atoms with Gasteiger partial charge in [0.1, 0.15) is 0 Å². The molecule has 94 valence electrons. The first-order chi connectivity index (χ1) is 8.06. The van der Waals surface area contributed by atoms with Crippen molar-refractivity contribution in [1.82, 2.24) is 15.1 Å². The number of aromatic nitrogens is 2. The number of hydrogen-bond donors (Lipinski definition) is 1. The van der Waals surface area contributed by atoms with E-state index in [4.69, 9.17) is 6.42 Å². The third kappa shape index (κ3) is 3.90. The molecule has 0 aromatic carbocycles. The van der Waals surface area contributed by atoms with Gasteiger partial charge in [0.05, 0.1) is 12.2 Å². The van der Waals surface area contributed by atoms with Crippen LogP contribution in [0.3, 0.4) is 0 Å². The number of rotatable bonds is 6. The Morgan fingerprint density at radius 2 is 2.12 bits per heavy atom. The van der Waals surface area contributed by atoms with E-state index in [0.717, 1.165) is 31.6 Å².